The molecule has 6 heteroatoms. The van der Waals surface area contributed by atoms with Gasteiger partial charge in [-0.1, -0.05) is 6.07 Å². The molecule has 0 atom stereocenters. The van der Waals surface area contributed by atoms with Crippen molar-refractivity contribution in [3.05, 3.63) is 28.5 Å². The van der Waals surface area contributed by atoms with Crippen LogP contribution in [0.1, 0.15) is 0 Å². The molecule has 1 aromatic rings. The van der Waals surface area contributed by atoms with Crippen LogP contribution in [-0.2, 0) is 14.3 Å². The lowest BCUT2D eigenvalue weighted by molar-refractivity contribution is 0.393. The summed E-state index contributed by atoms with van der Waals surface area (Å²) in [6, 6.07) is 3.87. The van der Waals surface area contributed by atoms with Gasteiger partial charge in [0.1, 0.15) is 10.7 Å². The Hall–Kier alpha value is -0.460. The molecule has 0 spiro atoms. The van der Waals surface area contributed by atoms with Crippen molar-refractivity contribution in [3.63, 3.8) is 0 Å². The van der Waals surface area contributed by atoms with Gasteiger partial charge in [0.15, 0.2) is 0 Å². The minimum absolute atomic E-state index is 0.148. The van der Waals surface area contributed by atoms with E-state index in [2.05, 4.69) is 20.1 Å². The molecule has 13 heavy (non-hydrogen) atoms. The van der Waals surface area contributed by atoms with E-state index in [0.29, 0.717) is 0 Å². The van der Waals surface area contributed by atoms with Gasteiger partial charge >= 0.3 is 10.1 Å². The van der Waals surface area contributed by atoms with Crippen LogP contribution >= 0.6 is 15.9 Å². The van der Waals surface area contributed by atoms with Gasteiger partial charge < -0.3 is 0 Å². The lowest BCUT2D eigenvalue weighted by atomic mass is 10.3. The molecule has 72 valence electrons. The van der Waals surface area contributed by atoms with Crippen LogP contribution in [0.5, 0.6) is 0 Å². The molecule has 0 N–H and O–H groups in total. The second-order valence-electron chi connectivity index (χ2n) is 2.17. The Kier molecular flexibility index (Phi) is 3.05. The molecule has 0 amide bonds. The molecular weight excluding hydrogens is 263 g/mol. The minimum atomic E-state index is -3.98. The van der Waals surface area contributed by atoms with E-state index in [-0.39, 0.29) is 4.47 Å². The molecule has 0 heterocycles. The summed E-state index contributed by atoms with van der Waals surface area (Å²) >= 11 is 2.92. The lowest BCUT2D eigenvalue weighted by Crippen LogP contribution is -2.06. The maximum atomic E-state index is 13.0. The number of halogens is 2. The van der Waals surface area contributed by atoms with Crippen molar-refractivity contribution in [2.75, 3.05) is 7.11 Å². The van der Waals surface area contributed by atoms with E-state index in [9.17, 15) is 12.8 Å². The zero-order chi connectivity index (χ0) is 10.1. The van der Waals surface area contributed by atoms with Crippen LogP contribution in [0, 0.1) is 5.82 Å². The van der Waals surface area contributed by atoms with Crippen molar-refractivity contribution in [1.82, 2.24) is 0 Å². The Morgan fingerprint density at radius 3 is 2.54 bits per heavy atom. The highest BCUT2D eigenvalue weighted by atomic mass is 79.9. The van der Waals surface area contributed by atoms with Gasteiger partial charge in [-0.15, -0.1) is 0 Å². The summed E-state index contributed by atoms with van der Waals surface area (Å²) in [6.45, 7) is 0. The maximum absolute atomic E-state index is 13.0. The first-order chi connectivity index (χ1) is 5.99. The summed E-state index contributed by atoms with van der Waals surface area (Å²) in [7, 11) is -3.00. The Labute approximate surface area is 83.8 Å². The van der Waals surface area contributed by atoms with Gasteiger partial charge in [-0.2, -0.15) is 8.42 Å². The van der Waals surface area contributed by atoms with Gasteiger partial charge in [0.05, 0.1) is 7.11 Å². The van der Waals surface area contributed by atoms with E-state index in [4.69, 9.17) is 0 Å². The van der Waals surface area contributed by atoms with Gasteiger partial charge in [-0.25, -0.2) is 4.39 Å². The number of hydrogen-bond donors (Lipinski definition) is 0. The van der Waals surface area contributed by atoms with E-state index in [1.54, 1.807) is 0 Å². The highest BCUT2D eigenvalue weighted by Crippen LogP contribution is 2.25. The third kappa shape index (κ3) is 2.07. The molecule has 0 aliphatic heterocycles. The topological polar surface area (TPSA) is 43.4 Å². The molecule has 0 fully saturated rings. The van der Waals surface area contributed by atoms with E-state index in [1.807, 2.05) is 0 Å². The SMILES string of the molecule is COS(=O)(=O)c1c(F)cccc1Br. The normalized spacial score (nSPS) is 11.6. The van der Waals surface area contributed by atoms with Crippen LogP contribution in [0.15, 0.2) is 27.6 Å². The van der Waals surface area contributed by atoms with Gasteiger partial charge in [-0.3, -0.25) is 4.18 Å². The van der Waals surface area contributed by atoms with Crippen molar-refractivity contribution in [2.45, 2.75) is 4.90 Å². The molecule has 0 aromatic heterocycles. The lowest BCUT2D eigenvalue weighted by Gasteiger charge is -2.04. The van der Waals surface area contributed by atoms with E-state index >= 15 is 0 Å². The molecule has 0 aliphatic carbocycles. The first kappa shape index (κ1) is 10.6. The van der Waals surface area contributed by atoms with Gasteiger partial charge in [0, 0.05) is 4.47 Å². The first-order valence-electron chi connectivity index (χ1n) is 3.23. The van der Waals surface area contributed by atoms with Crippen LogP contribution in [0.2, 0.25) is 0 Å². The van der Waals surface area contributed by atoms with Crippen LogP contribution < -0.4 is 0 Å². The Morgan fingerprint density at radius 1 is 1.46 bits per heavy atom. The molecule has 3 nitrogen and oxygen atoms in total. The largest absolute Gasteiger partial charge is 0.300 e. The molecule has 0 saturated carbocycles. The van der Waals surface area contributed by atoms with E-state index in [0.717, 1.165) is 13.2 Å². The molecule has 1 aromatic carbocycles. The zero-order valence-electron chi connectivity index (χ0n) is 6.62. The number of rotatable bonds is 2. The fourth-order valence-electron chi connectivity index (χ4n) is 0.805. The van der Waals surface area contributed by atoms with Crippen LogP contribution in [0.4, 0.5) is 4.39 Å². The Balaban J connectivity index is 3.46. The fourth-order valence-corrected chi connectivity index (χ4v) is 2.52. The van der Waals surface area contributed by atoms with E-state index in [1.165, 1.54) is 12.1 Å². The quantitative estimate of drug-likeness (QED) is 0.770. The van der Waals surface area contributed by atoms with Crippen molar-refractivity contribution in [2.24, 2.45) is 0 Å². The second kappa shape index (κ2) is 3.73. The number of benzene rings is 1. The monoisotopic (exact) mass is 268 g/mol. The molecule has 0 bridgehead atoms. The predicted molar refractivity (Wildman–Crippen MR) is 48.3 cm³/mol. The summed E-state index contributed by atoms with van der Waals surface area (Å²) in [4.78, 5) is -0.475. The average molecular weight is 269 g/mol. The third-order valence-corrected chi connectivity index (χ3v) is 3.67. The summed E-state index contributed by atoms with van der Waals surface area (Å²) in [5.74, 6) is -0.837. The summed E-state index contributed by atoms with van der Waals surface area (Å²) in [5, 5.41) is 0. The van der Waals surface area contributed by atoms with Crippen LogP contribution in [0.3, 0.4) is 0 Å². The zero-order valence-corrected chi connectivity index (χ0v) is 9.02. The van der Waals surface area contributed by atoms with Crippen molar-refractivity contribution in [1.29, 1.82) is 0 Å². The van der Waals surface area contributed by atoms with Crippen molar-refractivity contribution in [3.8, 4) is 0 Å². The highest BCUT2D eigenvalue weighted by molar-refractivity contribution is 9.10. The summed E-state index contributed by atoms with van der Waals surface area (Å²) in [5.41, 5.74) is 0. The molecule has 0 unspecified atom stereocenters. The molecular formula is C7H6BrFO3S. The standard InChI is InChI=1S/C7H6BrFO3S/c1-12-13(10,11)7-5(8)3-2-4-6(7)9/h2-4H,1H3. The summed E-state index contributed by atoms with van der Waals surface area (Å²) < 4.78 is 39.7. The highest BCUT2D eigenvalue weighted by Gasteiger charge is 2.21. The fraction of sp³-hybridized carbons (Fsp3) is 0.143. The molecule has 0 saturated heterocycles. The van der Waals surface area contributed by atoms with Crippen molar-refractivity contribution < 1.29 is 17.0 Å². The minimum Gasteiger partial charge on any atom is -0.270 e. The molecule has 0 radical (unpaired) electrons. The van der Waals surface area contributed by atoms with Gasteiger partial charge in [-0.05, 0) is 28.1 Å². The maximum Gasteiger partial charge on any atom is 0.300 e. The Morgan fingerprint density at radius 2 is 2.08 bits per heavy atom. The smallest absolute Gasteiger partial charge is 0.270 e. The van der Waals surface area contributed by atoms with E-state index < -0.39 is 20.8 Å². The predicted octanol–water partition coefficient (Wildman–Crippen LogP) is 1.92. The second-order valence-corrected chi connectivity index (χ2v) is 4.68. The van der Waals surface area contributed by atoms with Gasteiger partial charge in [0.2, 0.25) is 0 Å². The van der Waals surface area contributed by atoms with Crippen LogP contribution in [0.25, 0.3) is 0 Å². The molecule has 1 rings (SSSR count). The third-order valence-electron chi connectivity index (χ3n) is 1.39. The van der Waals surface area contributed by atoms with Crippen LogP contribution in [-0.4, -0.2) is 15.5 Å². The molecule has 0 aliphatic rings. The average Bonchev–Trinajstić information content (AvgIpc) is 2.03. The first-order valence-corrected chi connectivity index (χ1v) is 5.44. The Bertz CT molecular complexity index is 395. The van der Waals surface area contributed by atoms with Crippen molar-refractivity contribution >= 4 is 26.0 Å². The summed E-state index contributed by atoms with van der Waals surface area (Å²) in [6.07, 6.45) is 0. The number of hydrogen-bond acceptors (Lipinski definition) is 3. The van der Waals surface area contributed by atoms with Gasteiger partial charge in [0.25, 0.3) is 0 Å².